The number of anilines is 1. The van der Waals surface area contributed by atoms with Gasteiger partial charge in [0.05, 0.1) is 12.3 Å². The number of nitrogen functional groups attached to an aromatic ring is 1. The molecule has 4 heteroatoms. The van der Waals surface area contributed by atoms with Gasteiger partial charge in [-0.2, -0.15) is 0 Å². The number of fused-ring (bicyclic) bond motifs is 1. The van der Waals surface area contributed by atoms with Crippen molar-refractivity contribution in [1.82, 2.24) is 0 Å². The normalized spacial score (nSPS) is 20.6. The van der Waals surface area contributed by atoms with Crippen LogP contribution in [0.4, 0.5) is 10.1 Å². The van der Waals surface area contributed by atoms with Gasteiger partial charge in [-0.05, 0) is 12.1 Å². The lowest BCUT2D eigenvalue weighted by Crippen LogP contribution is -2.22. The summed E-state index contributed by atoms with van der Waals surface area (Å²) in [7, 11) is 0. The zero-order valence-electron chi connectivity index (χ0n) is 7.09. The molecule has 0 spiro atoms. The minimum absolute atomic E-state index is 0.299. The molecule has 0 saturated carbocycles. The highest BCUT2D eigenvalue weighted by Crippen LogP contribution is 2.36. The maximum absolute atomic E-state index is 13.3. The van der Waals surface area contributed by atoms with Gasteiger partial charge in [0, 0.05) is 18.0 Å². The molecule has 0 bridgehead atoms. The van der Waals surface area contributed by atoms with Gasteiger partial charge in [-0.3, -0.25) is 0 Å². The Morgan fingerprint density at radius 3 is 2.92 bits per heavy atom. The van der Waals surface area contributed by atoms with Crippen molar-refractivity contribution in [3.8, 4) is 5.75 Å². The second-order valence-corrected chi connectivity index (χ2v) is 3.12. The summed E-state index contributed by atoms with van der Waals surface area (Å²) in [4.78, 5) is 0. The van der Waals surface area contributed by atoms with Gasteiger partial charge in [0.1, 0.15) is 11.6 Å². The smallest absolute Gasteiger partial charge is 0.149 e. The van der Waals surface area contributed by atoms with Crippen LogP contribution in [-0.2, 0) is 0 Å². The molecule has 0 fully saturated rings. The predicted molar refractivity (Wildman–Crippen MR) is 47.9 cm³/mol. The van der Waals surface area contributed by atoms with Gasteiger partial charge >= 0.3 is 0 Å². The maximum atomic E-state index is 13.3. The molecule has 1 aromatic carbocycles. The first kappa shape index (κ1) is 8.31. The van der Waals surface area contributed by atoms with E-state index in [2.05, 4.69) is 0 Å². The average molecular weight is 182 g/mol. The summed E-state index contributed by atoms with van der Waals surface area (Å²) in [5.74, 6) is 0.0788. The highest BCUT2D eigenvalue weighted by molar-refractivity contribution is 5.58. The molecule has 1 aliphatic rings. The van der Waals surface area contributed by atoms with Gasteiger partial charge in [0.15, 0.2) is 0 Å². The van der Waals surface area contributed by atoms with E-state index in [0.717, 1.165) is 0 Å². The Kier molecular flexibility index (Phi) is 1.84. The van der Waals surface area contributed by atoms with Crippen LogP contribution in [0.5, 0.6) is 5.75 Å². The molecule has 2 rings (SSSR count). The minimum Gasteiger partial charge on any atom is -0.491 e. The lowest BCUT2D eigenvalue weighted by molar-refractivity contribution is 0.265. The summed E-state index contributed by atoms with van der Waals surface area (Å²) in [5.41, 5.74) is 12.2. The topological polar surface area (TPSA) is 61.3 Å². The van der Waals surface area contributed by atoms with Gasteiger partial charge in [-0.15, -0.1) is 0 Å². The van der Waals surface area contributed by atoms with Crippen LogP contribution in [0.2, 0.25) is 0 Å². The van der Waals surface area contributed by atoms with Crippen LogP contribution in [0.15, 0.2) is 12.1 Å². The Bertz CT molecular complexity index is 341. The number of halogens is 1. The summed E-state index contributed by atoms with van der Waals surface area (Å²) in [5, 5.41) is 0. The SMILES string of the molecule is Nc1ccc(F)c2c1OCC[C@@H]2N. The maximum Gasteiger partial charge on any atom is 0.149 e. The second kappa shape index (κ2) is 2.88. The van der Waals surface area contributed by atoms with Crippen molar-refractivity contribution in [2.24, 2.45) is 5.73 Å². The Morgan fingerprint density at radius 2 is 2.23 bits per heavy atom. The highest BCUT2D eigenvalue weighted by Gasteiger charge is 2.23. The van der Waals surface area contributed by atoms with Crippen LogP contribution < -0.4 is 16.2 Å². The van der Waals surface area contributed by atoms with Crippen molar-refractivity contribution in [2.45, 2.75) is 12.5 Å². The molecule has 13 heavy (non-hydrogen) atoms. The number of rotatable bonds is 0. The van der Waals surface area contributed by atoms with E-state index in [-0.39, 0.29) is 11.9 Å². The second-order valence-electron chi connectivity index (χ2n) is 3.12. The van der Waals surface area contributed by atoms with Crippen LogP contribution in [0.1, 0.15) is 18.0 Å². The van der Waals surface area contributed by atoms with E-state index in [1.165, 1.54) is 12.1 Å². The standard InChI is InChI=1S/C9H11FN2O/c10-5-1-2-7(12)9-8(5)6(11)3-4-13-9/h1-2,6H,3-4,11-12H2/t6-/m0/s1. The Hall–Kier alpha value is -1.29. The van der Waals surface area contributed by atoms with E-state index in [0.29, 0.717) is 30.0 Å². The minimum atomic E-state index is -0.337. The third kappa shape index (κ3) is 1.23. The lowest BCUT2D eigenvalue weighted by atomic mass is 10.00. The van der Waals surface area contributed by atoms with Crippen molar-refractivity contribution >= 4 is 5.69 Å². The molecule has 3 nitrogen and oxygen atoms in total. The first-order valence-corrected chi connectivity index (χ1v) is 4.16. The fraction of sp³-hybridized carbons (Fsp3) is 0.333. The summed E-state index contributed by atoms with van der Waals surface area (Å²) in [6, 6.07) is 2.52. The van der Waals surface area contributed by atoms with Crippen LogP contribution in [-0.4, -0.2) is 6.61 Å². The molecule has 1 heterocycles. The summed E-state index contributed by atoms with van der Waals surface area (Å²) >= 11 is 0. The van der Waals surface area contributed by atoms with Crippen LogP contribution >= 0.6 is 0 Å². The number of hydrogen-bond acceptors (Lipinski definition) is 3. The van der Waals surface area contributed by atoms with Gasteiger partial charge in [-0.25, -0.2) is 4.39 Å². The van der Waals surface area contributed by atoms with Crippen LogP contribution in [0.25, 0.3) is 0 Å². The molecule has 0 saturated heterocycles. The molecule has 70 valence electrons. The predicted octanol–water partition coefficient (Wildman–Crippen LogP) is 1.19. The van der Waals surface area contributed by atoms with Crippen molar-refractivity contribution in [2.75, 3.05) is 12.3 Å². The first-order chi connectivity index (χ1) is 6.20. The Labute approximate surface area is 75.5 Å². The molecule has 1 atom stereocenters. The summed E-state index contributed by atoms with van der Waals surface area (Å²) < 4.78 is 18.5. The van der Waals surface area contributed by atoms with E-state index >= 15 is 0 Å². The van der Waals surface area contributed by atoms with Gasteiger partial charge in [-0.1, -0.05) is 0 Å². The molecule has 0 radical (unpaired) electrons. The van der Waals surface area contributed by atoms with Gasteiger partial charge in [0.2, 0.25) is 0 Å². The fourth-order valence-electron chi connectivity index (χ4n) is 1.53. The molecule has 0 unspecified atom stereocenters. The molecule has 1 aliphatic heterocycles. The third-order valence-electron chi connectivity index (χ3n) is 2.22. The molecular formula is C9H11FN2O. The van der Waals surface area contributed by atoms with Crippen LogP contribution in [0.3, 0.4) is 0 Å². The van der Waals surface area contributed by atoms with Crippen molar-refractivity contribution in [3.63, 3.8) is 0 Å². The summed E-state index contributed by atoms with van der Waals surface area (Å²) in [6.07, 6.45) is 0.632. The van der Waals surface area contributed by atoms with Crippen molar-refractivity contribution in [1.29, 1.82) is 0 Å². The van der Waals surface area contributed by atoms with Crippen molar-refractivity contribution < 1.29 is 9.13 Å². The molecule has 0 amide bonds. The van der Waals surface area contributed by atoms with E-state index in [9.17, 15) is 4.39 Å². The molecular weight excluding hydrogens is 171 g/mol. The zero-order valence-corrected chi connectivity index (χ0v) is 7.09. The first-order valence-electron chi connectivity index (χ1n) is 4.16. The Morgan fingerprint density at radius 1 is 1.46 bits per heavy atom. The largest absolute Gasteiger partial charge is 0.491 e. The third-order valence-corrected chi connectivity index (χ3v) is 2.22. The van der Waals surface area contributed by atoms with Gasteiger partial charge < -0.3 is 16.2 Å². The zero-order chi connectivity index (χ0) is 9.42. The van der Waals surface area contributed by atoms with Crippen LogP contribution in [0, 0.1) is 5.82 Å². The number of benzene rings is 1. The fourth-order valence-corrected chi connectivity index (χ4v) is 1.53. The number of ether oxygens (including phenoxy) is 1. The monoisotopic (exact) mass is 182 g/mol. The molecule has 1 aromatic rings. The Balaban J connectivity index is 2.60. The van der Waals surface area contributed by atoms with E-state index in [1.807, 2.05) is 0 Å². The quantitative estimate of drug-likeness (QED) is 0.592. The average Bonchev–Trinajstić information content (AvgIpc) is 2.12. The van der Waals surface area contributed by atoms with Gasteiger partial charge in [0.25, 0.3) is 0 Å². The summed E-state index contributed by atoms with van der Waals surface area (Å²) in [6.45, 7) is 0.502. The van der Waals surface area contributed by atoms with Crippen molar-refractivity contribution in [3.05, 3.63) is 23.5 Å². The van der Waals surface area contributed by atoms with E-state index in [1.54, 1.807) is 0 Å². The molecule has 0 aromatic heterocycles. The lowest BCUT2D eigenvalue weighted by Gasteiger charge is -2.24. The number of hydrogen-bond donors (Lipinski definition) is 2. The van der Waals surface area contributed by atoms with E-state index in [4.69, 9.17) is 16.2 Å². The molecule has 0 aliphatic carbocycles. The number of nitrogens with two attached hydrogens (primary N) is 2. The molecule has 4 N–H and O–H groups in total. The highest BCUT2D eigenvalue weighted by atomic mass is 19.1. The van der Waals surface area contributed by atoms with E-state index < -0.39 is 0 Å².